The average Bonchev–Trinajstić information content (AvgIpc) is 3.05. The van der Waals surface area contributed by atoms with Crippen molar-refractivity contribution in [1.29, 1.82) is 0 Å². The van der Waals surface area contributed by atoms with Crippen LogP contribution in [-0.2, 0) is 44.8 Å². The number of nitrogens with one attached hydrogen (secondary N) is 6. The molecular formula is C28H41N8O10S2. The Morgan fingerprint density at radius 3 is 2.02 bits per heavy atom. The van der Waals surface area contributed by atoms with Gasteiger partial charge >= 0.3 is 5.97 Å². The number of nitrogens with two attached hydrogens (primary N) is 2. The smallest absolute Gasteiger partial charge is 0.305 e. The Morgan fingerprint density at radius 1 is 0.833 bits per heavy atom. The number of carboxylic acids is 1. The third kappa shape index (κ3) is 17.0. The lowest BCUT2D eigenvalue weighted by Gasteiger charge is -2.22. The van der Waals surface area contributed by atoms with Gasteiger partial charge in [0, 0.05) is 11.5 Å². The number of rotatable bonds is 23. The summed E-state index contributed by atoms with van der Waals surface area (Å²) < 4.78 is 0. The van der Waals surface area contributed by atoms with Crippen LogP contribution in [0.15, 0.2) is 24.3 Å². The Bertz CT molecular complexity index is 1270. The molecule has 6 amide bonds. The fourth-order valence-corrected chi connectivity index (χ4v) is 4.97. The maximum atomic E-state index is 13.0. The molecule has 1 rings (SSSR count). The van der Waals surface area contributed by atoms with Gasteiger partial charge in [0.25, 0.3) is 0 Å². The van der Waals surface area contributed by atoms with Gasteiger partial charge in [0.15, 0.2) is 0 Å². The molecule has 0 saturated carbocycles. The highest BCUT2D eigenvalue weighted by molar-refractivity contribution is 7.99. The lowest BCUT2D eigenvalue weighted by molar-refractivity contribution is -0.141. The van der Waals surface area contributed by atoms with Crippen molar-refractivity contribution >= 4 is 72.1 Å². The van der Waals surface area contributed by atoms with Gasteiger partial charge in [0.2, 0.25) is 41.7 Å². The van der Waals surface area contributed by atoms with E-state index in [4.69, 9.17) is 11.5 Å². The second-order valence-corrected chi connectivity index (χ2v) is 11.6. The van der Waals surface area contributed by atoms with Crippen LogP contribution in [0.3, 0.4) is 0 Å². The standard InChI is InChI=1S/C28H41N8O10S2/c29-6-1-9-48-15-21(36-25(43)18(30)10-16-2-4-17(38)5-3-16)27(45)33-13-23(40)34-19(11-24(41)42)28(46)35-20(14-47)26(44)32-12-22(39)31-7-8-37/h2-5,18-21,38,47H,1,6-7,9-15,29-30H2,(H,31,39)(H,32,44)(H,33,45)(H,34,40)(H,35,46)(H,36,43)(H,41,42)/t18-,19-,20-,21-/m0/s1. The lowest BCUT2D eigenvalue weighted by Crippen LogP contribution is -2.57. The Balaban J connectivity index is 2.82. The Morgan fingerprint density at radius 2 is 1.44 bits per heavy atom. The second-order valence-electron chi connectivity index (χ2n) is 10.1. The van der Waals surface area contributed by atoms with Crippen molar-refractivity contribution in [2.45, 2.75) is 43.4 Å². The molecule has 12 N–H and O–H groups in total. The maximum Gasteiger partial charge on any atom is 0.305 e. The van der Waals surface area contributed by atoms with Crippen molar-refractivity contribution in [3.63, 3.8) is 0 Å². The molecule has 0 aliphatic rings. The van der Waals surface area contributed by atoms with Gasteiger partial charge in [-0.3, -0.25) is 38.4 Å². The highest BCUT2D eigenvalue weighted by Gasteiger charge is 2.29. The molecule has 1 aromatic rings. The maximum absolute atomic E-state index is 13.0. The molecule has 0 aliphatic carbocycles. The zero-order valence-corrected chi connectivity index (χ0v) is 27.6. The van der Waals surface area contributed by atoms with Gasteiger partial charge in [-0.25, -0.2) is 0 Å². The number of carbonyl (C=O) groups excluding carboxylic acids is 7. The van der Waals surface area contributed by atoms with Crippen LogP contribution in [0.4, 0.5) is 0 Å². The van der Waals surface area contributed by atoms with Gasteiger partial charge in [-0.1, -0.05) is 12.1 Å². The number of thiol groups is 1. The topological polar surface area (TPSA) is 301 Å². The number of aromatic hydroxyl groups is 1. The van der Waals surface area contributed by atoms with Crippen LogP contribution in [0.5, 0.6) is 5.75 Å². The number of amides is 6. The van der Waals surface area contributed by atoms with Gasteiger partial charge in [-0.15, -0.1) is 0 Å². The number of benzene rings is 1. The fraction of sp³-hybridized carbons (Fsp3) is 0.500. The molecule has 48 heavy (non-hydrogen) atoms. The monoisotopic (exact) mass is 713 g/mol. The van der Waals surface area contributed by atoms with Crippen molar-refractivity contribution in [1.82, 2.24) is 31.9 Å². The molecule has 4 atom stereocenters. The summed E-state index contributed by atoms with van der Waals surface area (Å²) in [6.45, 7) is -1.22. The number of phenols is 1. The van der Waals surface area contributed by atoms with Crippen LogP contribution in [-0.4, -0.2) is 126 Å². The zero-order chi connectivity index (χ0) is 36.1. The third-order valence-electron chi connectivity index (χ3n) is 6.19. The van der Waals surface area contributed by atoms with E-state index in [1.807, 2.05) is 0 Å². The van der Waals surface area contributed by atoms with Crippen LogP contribution in [0.1, 0.15) is 18.4 Å². The van der Waals surface area contributed by atoms with Crippen LogP contribution in [0.2, 0.25) is 0 Å². The van der Waals surface area contributed by atoms with Crippen LogP contribution >= 0.6 is 24.4 Å². The van der Waals surface area contributed by atoms with Crippen molar-refractivity contribution in [2.75, 3.05) is 43.4 Å². The fourth-order valence-electron chi connectivity index (χ4n) is 3.70. The molecular weight excluding hydrogens is 672 g/mol. The summed E-state index contributed by atoms with van der Waals surface area (Å²) in [6.07, 6.45) is 1.32. The van der Waals surface area contributed by atoms with Gasteiger partial charge in [-0.2, -0.15) is 24.4 Å². The summed E-state index contributed by atoms with van der Waals surface area (Å²) in [6, 6.07) is 0.906. The molecule has 20 heteroatoms. The van der Waals surface area contributed by atoms with E-state index in [-0.39, 0.29) is 23.7 Å². The van der Waals surface area contributed by atoms with E-state index in [2.05, 4.69) is 44.5 Å². The molecule has 265 valence electrons. The molecule has 0 aliphatic heterocycles. The predicted molar refractivity (Wildman–Crippen MR) is 177 cm³/mol. The number of carbonyl (C=O) groups is 7. The first-order valence-electron chi connectivity index (χ1n) is 14.5. The van der Waals surface area contributed by atoms with Crippen molar-refractivity contribution in [2.24, 2.45) is 11.5 Å². The molecule has 0 unspecified atom stereocenters. The van der Waals surface area contributed by atoms with Gasteiger partial charge < -0.3 is 53.6 Å². The van der Waals surface area contributed by atoms with Crippen LogP contribution < -0.4 is 43.4 Å². The third-order valence-corrected chi connectivity index (χ3v) is 7.70. The summed E-state index contributed by atoms with van der Waals surface area (Å²) in [5.41, 5.74) is 12.2. The van der Waals surface area contributed by atoms with E-state index in [9.17, 15) is 48.6 Å². The summed E-state index contributed by atoms with van der Waals surface area (Å²) in [7, 11) is 0. The minimum Gasteiger partial charge on any atom is -0.508 e. The van der Waals surface area contributed by atoms with Gasteiger partial charge in [-0.05, 0) is 42.8 Å². The van der Waals surface area contributed by atoms with Crippen molar-refractivity contribution in [3.8, 4) is 5.75 Å². The first kappa shape index (κ1) is 41.6. The summed E-state index contributed by atoms with van der Waals surface area (Å²) in [5.74, 6) is -5.96. The average molecular weight is 714 g/mol. The minimum absolute atomic E-state index is 0.0432. The number of aliphatic carboxylic acids is 1. The Hall–Kier alpha value is -4.40. The minimum atomic E-state index is -1.67. The van der Waals surface area contributed by atoms with Crippen molar-refractivity contribution in [3.05, 3.63) is 29.8 Å². The van der Waals surface area contributed by atoms with Gasteiger partial charge in [0.1, 0.15) is 23.9 Å². The van der Waals surface area contributed by atoms with E-state index in [0.717, 1.165) is 0 Å². The molecule has 0 spiro atoms. The Kier molecular flexibility index (Phi) is 20.0. The first-order chi connectivity index (χ1) is 22.8. The molecule has 0 bridgehead atoms. The quantitative estimate of drug-likeness (QED) is 0.0378. The van der Waals surface area contributed by atoms with E-state index in [0.29, 0.717) is 24.3 Å². The highest BCUT2D eigenvalue weighted by atomic mass is 32.2. The van der Waals surface area contributed by atoms with Gasteiger partial charge in [0.05, 0.1) is 32.1 Å². The number of carboxylic acid groups (broad SMARTS) is 1. The number of hydrogen-bond donors (Lipinski definition) is 11. The van der Waals surface area contributed by atoms with Crippen molar-refractivity contribution < 1.29 is 48.6 Å². The van der Waals surface area contributed by atoms with E-state index in [1.54, 1.807) is 12.1 Å². The lowest BCUT2D eigenvalue weighted by atomic mass is 10.1. The van der Waals surface area contributed by atoms with Crippen LogP contribution in [0, 0.1) is 0 Å². The molecule has 0 aromatic heterocycles. The van der Waals surface area contributed by atoms with E-state index >= 15 is 0 Å². The first-order valence-corrected chi connectivity index (χ1v) is 16.3. The summed E-state index contributed by atoms with van der Waals surface area (Å²) >= 11 is 5.31. The number of hydrogen-bond acceptors (Lipinski definition) is 13. The molecule has 1 aromatic carbocycles. The number of phenolic OH excluding ortho intramolecular Hbond substituents is 1. The Labute approximate surface area is 286 Å². The zero-order valence-electron chi connectivity index (χ0n) is 25.9. The molecule has 1 radical (unpaired) electrons. The predicted octanol–water partition coefficient (Wildman–Crippen LogP) is -4.34. The second kappa shape index (κ2) is 23.0. The largest absolute Gasteiger partial charge is 0.508 e. The molecule has 18 nitrogen and oxygen atoms in total. The normalized spacial score (nSPS) is 13.1. The van der Waals surface area contributed by atoms with E-state index < -0.39 is 91.6 Å². The van der Waals surface area contributed by atoms with Crippen LogP contribution in [0.25, 0.3) is 0 Å². The van der Waals surface area contributed by atoms with E-state index in [1.165, 1.54) is 30.2 Å². The number of thioether (sulfide) groups is 1. The molecule has 0 saturated heterocycles. The SMILES string of the molecule is NCCCSC[C@H](NC(=O)[C@@H](N)Cc1ccc(O)cc1)C(=O)NCC(=O)N[C@@H](CC(=O)O)C(=O)N[C@@H](CS)C(=O)NCC(=O)NC[C]=O. The molecule has 0 fully saturated rings. The summed E-state index contributed by atoms with van der Waals surface area (Å²) in [5, 5.41) is 32.4. The summed E-state index contributed by atoms with van der Waals surface area (Å²) in [4.78, 5) is 96.9. The molecule has 0 heterocycles. The highest BCUT2D eigenvalue weighted by Crippen LogP contribution is 2.11.